The van der Waals surface area contributed by atoms with E-state index < -0.39 is 24.0 Å². The summed E-state index contributed by atoms with van der Waals surface area (Å²) in [5.41, 5.74) is 2.13. The fourth-order valence-electron chi connectivity index (χ4n) is 3.52. The standard InChI is InChI=1S/C25H23N3O7/c1-3-33-24(30)22-18(27-25(31)28-23(22)15-8-10-16(32-2)11-9-15)14-34-21(29)13-12-20-26-17-6-4-5-7-19(17)35-20/h4-13,23H,3,14H2,1-2H3,(H2,27,28,31)/b13-12+. The van der Waals surface area contributed by atoms with E-state index >= 15 is 0 Å². The first-order valence-corrected chi connectivity index (χ1v) is 10.8. The van der Waals surface area contributed by atoms with Gasteiger partial charge < -0.3 is 29.3 Å². The molecule has 0 saturated carbocycles. The Morgan fingerprint density at radius 3 is 2.60 bits per heavy atom. The Hall–Kier alpha value is -4.60. The van der Waals surface area contributed by atoms with Gasteiger partial charge in [0.15, 0.2) is 5.58 Å². The number of hydrogen-bond acceptors (Lipinski definition) is 8. The van der Waals surface area contributed by atoms with Crippen LogP contribution in [0.25, 0.3) is 17.2 Å². The first kappa shape index (κ1) is 23.6. The zero-order valence-electron chi connectivity index (χ0n) is 19.1. The molecule has 0 bridgehead atoms. The Morgan fingerprint density at radius 1 is 1.11 bits per heavy atom. The molecule has 4 rings (SSSR count). The van der Waals surface area contributed by atoms with E-state index in [4.69, 9.17) is 18.6 Å². The van der Waals surface area contributed by atoms with E-state index in [1.54, 1.807) is 43.3 Å². The number of hydrogen-bond donors (Lipinski definition) is 2. The number of nitrogens with zero attached hydrogens (tertiary/aromatic N) is 1. The summed E-state index contributed by atoms with van der Waals surface area (Å²) in [6.07, 6.45) is 2.53. The monoisotopic (exact) mass is 477 g/mol. The number of carbonyl (C=O) groups excluding carboxylic acids is 3. The summed E-state index contributed by atoms with van der Waals surface area (Å²) in [7, 11) is 1.54. The predicted octanol–water partition coefficient (Wildman–Crippen LogP) is 3.26. The van der Waals surface area contributed by atoms with Crippen molar-refractivity contribution in [2.45, 2.75) is 13.0 Å². The van der Waals surface area contributed by atoms with E-state index in [9.17, 15) is 14.4 Å². The van der Waals surface area contributed by atoms with Gasteiger partial charge in [0.1, 0.15) is 17.9 Å². The molecule has 1 aliphatic heterocycles. The number of amides is 2. The number of ether oxygens (including phenoxy) is 3. The van der Waals surface area contributed by atoms with E-state index in [2.05, 4.69) is 15.6 Å². The maximum atomic E-state index is 12.8. The molecule has 35 heavy (non-hydrogen) atoms. The highest BCUT2D eigenvalue weighted by molar-refractivity contribution is 5.95. The lowest BCUT2D eigenvalue weighted by molar-refractivity contribution is -0.140. The predicted molar refractivity (Wildman–Crippen MR) is 125 cm³/mol. The van der Waals surface area contributed by atoms with Crippen molar-refractivity contribution >= 4 is 35.1 Å². The van der Waals surface area contributed by atoms with Crippen LogP contribution >= 0.6 is 0 Å². The van der Waals surface area contributed by atoms with Gasteiger partial charge in [-0.15, -0.1) is 0 Å². The van der Waals surface area contributed by atoms with Gasteiger partial charge in [-0.25, -0.2) is 19.4 Å². The minimum absolute atomic E-state index is 0.122. The van der Waals surface area contributed by atoms with Crippen molar-refractivity contribution in [2.75, 3.05) is 20.3 Å². The van der Waals surface area contributed by atoms with Crippen LogP contribution in [-0.4, -0.2) is 43.3 Å². The highest BCUT2D eigenvalue weighted by atomic mass is 16.5. The zero-order chi connectivity index (χ0) is 24.8. The molecule has 180 valence electrons. The largest absolute Gasteiger partial charge is 0.497 e. The molecule has 1 unspecified atom stereocenters. The second-order valence-corrected chi connectivity index (χ2v) is 7.38. The smallest absolute Gasteiger partial charge is 0.338 e. The summed E-state index contributed by atoms with van der Waals surface area (Å²) in [6, 6.07) is 12.7. The van der Waals surface area contributed by atoms with Crippen molar-refractivity contribution in [1.29, 1.82) is 0 Å². The average molecular weight is 477 g/mol. The molecule has 10 nitrogen and oxygen atoms in total. The minimum Gasteiger partial charge on any atom is -0.497 e. The highest BCUT2D eigenvalue weighted by Crippen LogP contribution is 2.29. The Kier molecular flexibility index (Phi) is 7.10. The van der Waals surface area contributed by atoms with E-state index in [0.717, 1.165) is 6.08 Å². The van der Waals surface area contributed by atoms with Gasteiger partial charge >= 0.3 is 18.0 Å². The van der Waals surface area contributed by atoms with E-state index in [-0.39, 0.29) is 30.4 Å². The molecule has 2 heterocycles. The van der Waals surface area contributed by atoms with Crippen LogP contribution in [-0.2, 0) is 19.1 Å². The summed E-state index contributed by atoms with van der Waals surface area (Å²) < 4.78 is 21.2. The maximum absolute atomic E-state index is 12.8. The Bertz CT molecular complexity index is 1280. The number of methoxy groups -OCH3 is 1. The summed E-state index contributed by atoms with van der Waals surface area (Å²) >= 11 is 0. The molecule has 0 aliphatic carbocycles. The van der Waals surface area contributed by atoms with Crippen LogP contribution in [0.15, 0.2) is 70.3 Å². The number of fused-ring (bicyclic) bond motifs is 1. The molecular weight excluding hydrogens is 454 g/mol. The number of urea groups is 1. The van der Waals surface area contributed by atoms with E-state index in [0.29, 0.717) is 22.4 Å². The summed E-state index contributed by atoms with van der Waals surface area (Å²) in [5.74, 6) is -0.495. The van der Waals surface area contributed by atoms with Gasteiger partial charge in [-0.1, -0.05) is 24.3 Å². The van der Waals surface area contributed by atoms with Crippen LogP contribution in [0.3, 0.4) is 0 Å². The van der Waals surface area contributed by atoms with Crippen molar-refractivity contribution in [2.24, 2.45) is 0 Å². The van der Waals surface area contributed by atoms with Gasteiger partial charge in [-0.2, -0.15) is 0 Å². The third-order valence-corrected chi connectivity index (χ3v) is 5.13. The van der Waals surface area contributed by atoms with Gasteiger partial charge in [0.05, 0.1) is 31.0 Å². The molecule has 0 fully saturated rings. The number of carbonyl (C=O) groups is 3. The van der Waals surface area contributed by atoms with Crippen LogP contribution < -0.4 is 15.4 Å². The first-order chi connectivity index (χ1) is 17.0. The molecule has 1 atom stereocenters. The Morgan fingerprint density at radius 2 is 1.89 bits per heavy atom. The van der Waals surface area contributed by atoms with Gasteiger partial charge in [0.25, 0.3) is 0 Å². The molecule has 0 saturated heterocycles. The van der Waals surface area contributed by atoms with E-state index in [1.165, 1.54) is 13.2 Å². The summed E-state index contributed by atoms with van der Waals surface area (Å²) in [4.78, 5) is 41.7. The molecule has 2 aromatic carbocycles. The number of benzene rings is 2. The highest BCUT2D eigenvalue weighted by Gasteiger charge is 2.34. The van der Waals surface area contributed by atoms with Crippen molar-refractivity contribution < 1.29 is 33.0 Å². The fraction of sp³-hybridized carbons (Fsp3) is 0.200. The van der Waals surface area contributed by atoms with Gasteiger partial charge in [0, 0.05) is 12.2 Å². The molecule has 0 radical (unpaired) electrons. The van der Waals surface area contributed by atoms with Crippen LogP contribution in [0.4, 0.5) is 4.79 Å². The minimum atomic E-state index is -0.808. The second kappa shape index (κ2) is 10.6. The lowest BCUT2D eigenvalue weighted by Crippen LogP contribution is -2.47. The van der Waals surface area contributed by atoms with Gasteiger partial charge in [0.2, 0.25) is 5.89 Å². The number of nitrogens with one attached hydrogen (secondary N) is 2. The molecule has 0 spiro atoms. The van der Waals surface area contributed by atoms with Crippen LogP contribution in [0, 0.1) is 0 Å². The zero-order valence-corrected chi connectivity index (χ0v) is 19.1. The van der Waals surface area contributed by atoms with Crippen LogP contribution in [0.1, 0.15) is 24.4 Å². The van der Waals surface area contributed by atoms with Crippen molar-refractivity contribution in [3.63, 3.8) is 0 Å². The van der Waals surface area contributed by atoms with Crippen LogP contribution in [0.5, 0.6) is 5.75 Å². The van der Waals surface area contributed by atoms with Crippen LogP contribution in [0.2, 0.25) is 0 Å². The van der Waals surface area contributed by atoms with Gasteiger partial charge in [-0.3, -0.25) is 0 Å². The third kappa shape index (κ3) is 5.49. The molecule has 1 aliphatic rings. The van der Waals surface area contributed by atoms with E-state index in [1.807, 2.05) is 12.1 Å². The summed E-state index contributed by atoms with van der Waals surface area (Å²) in [6.45, 7) is 1.45. The number of aromatic nitrogens is 1. The normalized spacial score (nSPS) is 15.6. The Balaban J connectivity index is 1.54. The second-order valence-electron chi connectivity index (χ2n) is 7.38. The molecule has 3 aromatic rings. The molecule has 2 amide bonds. The number of esters is 2. The topological polar surface area (TPSA) is 129 Å². The third-order valence-electron chi connectivity index (χ3n) is 5.13. The molecule has 2 N–H and O–H groups in total. The van der Waals surface area contributed by atoms with Gasteiger partial charge in [-0.05, 0) is 36.8 Å². The number of para-hydroxylation sites is 2. The molecule has 10 heteroatoms. The first-order valence-electron chi connectivity index (χ1n) is 10.8. The quantitative estimate of drug-likeness (QED) is 0.374. The number of rotatable bonds is 8. The number of oxazole rings is 1. The SMILES string of the molecule is CCOC(=O)C1=C(COC(=O)/C=C/c2nc3ccccc3o2)NC(=O)NC1c1ccc(OC)cc1. The molecular formula is C25H23N3O7. The van der Waals surface area contributed by atoms with Crippen molar-refractivity contribution in [3.8, 4) is 5.75 Å². The average Bonchev–Trinajstić information content (AvgIpc) is 3.29. The molecule has 1 aromatic heterocycles. The van der Waals surface area contributed by atoms with Crippen molar-refractivity contribution in [3.05, 3.63) is 77.3 Å². The fourth-order valence-corrected chi connectivity index (χ4v) is 3.52. The maximum Gasteiger partial charge on any atom is 0.338 e. The Labute approximate surface area is 200 Å². The lowest BCUT2D eigenvalue weighted by Gasteiger charge is -2.29. The summed E-state index contributed by atoms with van der Waals surface area (Å²) in [5, 5.41) is 5.26. The van der Waals surface area contributed by atoms with Crippen molar-refractivity contribution in [1.82, 2.24) is 15.6 Å². The lowest BCUT2D eigenvalue weighted by atomic mass is 9.95.